The van der Waals surface area contributed by atoms with Crippen molar-refractivity contribution in [1.82, 2.24) is 24.8 Å². The summed E-state index contributed by atoms with van der Waals surface area (Å²) in [5, 5.41) is 9.91. The first-order valence-electron chi connectivity index (χ1n) is 12.1. The van der Waals surface area contributed by atoms with Crippen LogP contribution in [-0.2, 0) is 0 Å². The molecule has 3 N–H and O–H groups in total. The van der Waals surface area contributed by atoms with E-state index >= 15 is 0 Å². The molecule has 4 rings (SSSR count). The van der Waals surface area contributed by atoms with Crippen LogP contribution >= 0.6 is 0 Å². The van der Waals surface area contributed by atoms with Crippen molar-refractivity contribution in [3.8, 4) is 5.75 Å². The van der Waals surface area contributed by atoms with Crippen molar-refractivity contribution in [2.75, 3.05) is 42.7 Å². The molecule has 0 amide bonds. The largest absolute Gasteiger partial charge is 0.492 e. The number of hydrogen-bond acceptors (Lipinski definition) is 9. The van der Waals surface area contributed by atoms with Gasteiger partial charge in [-0.3, -0.25) is 4.90 Å². The van der Waals surface area contributed by atoms with E-state index < -0.39 is 5.82 Å². The van der Waals surface area contributed by atoms with Crippen LogP contribution in [0.25, 0.3) is 0 Å². The monoisotopic (exact) mass is 458 g/mol. The molecule has 0 radical (unpaired) electrons. The van der Waals surface area contributed by atoms with Crippen LogP contribution in [0.15, 0.2) is 12.3 Å². The number of likely N-dealkylation sites (tertiary alicyclic amines) is 1. The minimum atomic E-state index is -0.500. The van der Waals surface area contributed by atoms with Crippen molar-refractivity contribution in [3.05, 3.63) is 18.1 Å². The summed E-state index contributed by atoms with van der Waals surface area (Å²) in [6.07, 6.45) is 10.9. The molecule has 1 aliphatic carbocycles. The Kier molecular flexibility index (Phi) is 8.09. The second-order valence-electron chi connectivity index (χ2n) is 8.77. The zero-order valence-electron chi connectivity index (χ0n) is 19.6. The maximum Gasteiger partial charge on any atom is 0.234 e. The average Bonchev–Trinajstić information content (AvgIpc) is 3.12. The van der Waals surface area contributed by atoms with Gasteiger partial charge in [-0.2, -0.15) is 15.0 Å². The summed E-state index contributed by atoms with van der Waals surface area (Å²) in [5.74, 6) is 1.24. The Bertz CT molecular complexity index is 906. The van der Waals surface area contributed by atoms with Gasteiger partial charge in [0.15, 0.2) is 11.6 Å². The molecule has 2 aromatic heterocycles. The van der Waals surface area contributed by atoms with E-state index in [1.54, 1.807) is 0 Å². The van der Waals surface area contributed by atoms with Crippen molar-refractivity contribution >= 4 is 23.7 Å². The molecular weight excluding hydrogens is 423 g/mol. The van der Waals surface area contributed by atoms with E-state index in [0.29, 0.717) is 35.7 Å². The van der Waals surface area contributed by atoms with Gasteiger partial charge in [0.2, 0.25) is 17.8 Å². The molecule has 1 saturated heterocycles. The number of rotatable bonds is 9. The van der Waals surface area contributed by atoms with Gasteiger partial charge in [-0.05, 0) is 38.8 Å². The van der Waals surface area contributed by atoms with E-state index in [1.165, 1.54) is 57.9 Å². The van der Waals surface area contributed by atoms with Crippen LogP contribution in [0, 0.1) is 5.82 Å². The van der Waals surface area contributed by atoms with Gasteiger partial charge in [-0.1, -0.05) is 32.6 Å². The summed E-state index contributed by atoms with van der Waals surface area (Å²) in [4.78, 5) is 20.4. The number of hydrogen-bond donors (Lipinski definition) is 3. The lowest BCUT2D eigenvalue weighted by atomic mass is 10.1. The number of nitrogens with one attached hydrogen (secondary N) is 3. The Morgan fingerprint density at radius 1 is 1.03 bits per heavy atom. The van der Waals surface area contributed by atoms with Gasteiger partial charge in [-0.25, -0.2) is 9.37 Å². The lowest BCUT2D eigenvalue weighted by molar-refractivity contribution is 0.277. The number of likely N-dealkylation sites (N-methyl/N-ethyl adjacent to an activating group) is 1. The molecule has 2 aromatic rings. The van der Waals surface area contributed by atoms with Gasteiger partial charge >= 0.3 is 0 Å². The zero-order chi connectivity index (χ0) is 23.0. The van der Waals surface area contributed by atoms with E-state index in [4.69, 9.17) is 4.74 Å². The minimum Gasteiger partial charge on any atom is -0.492 e. The quantitative estimate of drug-likeness (QED) is 0.478. The van der Waals surface area contributed by atoms with Crippen molar-refractivity contribution in [3.63, 3.8) is 0 Å². The van der Waals surface area contributed by atoms with Gasteiger partial charge < -0.3 is 20.7 Å². The summed E-state index contributed by atoms with van der Waals surface area (Å²) in [5.41, 5.74) is 0. The van der Waals surface area contributed by atoms with E-state index in [2.05, 4.69) is 47.7 Å². The normalized spacial score (nSPS) is 19.8. The van der Waals surface area contributed by atoms with E-state index in [-0.39, 0.29) is 5.75 Å². The third-order valence-corrected chi connectivity index (χ3v) is 6.50. The molecule has 33 heavy (non-hydrogen) atoms. The third-order valence-electron chi connectivity index (χ3n) is 6.50. The Balaban J connectivity index is 1.52. The molecule has 0 aromatic carbocycles. The summed E-state index contributed by atoms with van der Waals surface area (Å²) in [6.45, 7) is 5.14. The third kappa shape index (κ3) is 6.40. The highest BCUT2D eigenvalue weighted by atomic mass is 19.1. The van der Waals surface area contributed by atoms with Crippen molar-refractivity contribution in [2.45, 2.75) is 70.4 Å². The van der Waals surface area contributed by atoms with Gasteiger partial charge in [0.25, 0.3) is 0 Å². The lowest BCUT2D eigenvalue weighted by Gasteiger charge is -2.23. The molecule has 2 aliphatic rings. The highest BCUT2D eigenvalue weighted by Gasteiger charge is 2.23. The highest BCUT2D eigenvalue weighted by Crippen LogP contribution is 2.23. The van der Waals surface area contributed by atoms with Crippen LogP contribution in [-0.4, -0.2) is 63.7 Å². The van der Waals surface area contributed by atoms with Gasteiger partial charge in [0, 0.05) is 24.7 Å². The fraction of sp³-hybridized carbons (Fsp3) is 0.652. The molecule has 2 fully saturated rings. The maximum absolute atomic E-state index is 14.1. The molecule has 3 heterocycles. The number of aromatic nitrogens is 4. The van der Waals surface area contributed by atoms with Crippen LogP contribution in [0.3, 0.4) is 0 Å². The highest BCUT2D eigenvalue weighted by molar-refractivity contribution is 5.52. The molecule has 1 unspecified atom stereocenters. The minimum absolute atomic E-state index is 0.0892. The standard InChI is InChI=1S/C23H35FN8O/c1-3-32-12-8-11-17(32)14-26-21-29-22(27-16-9-6-4-5-7-10-16)31-23(30-21)28-20-13-18(24)19(33-2)15-25-20/h13,15-17H,3-12,14H2,1-2H3,(H3,25,26,27,28,29,30,31). The smallest absolute Gasteiger partial charge is 0.234 e. The molecule has 180 valence electrons. The lowest BCUT2D eigenvalue weighted by Crippen LogP contribution is -2.35. The first kappa shape index (κ1) is 23.4. The maximum atomic E-state index is 14.1. The Hall–Kier alpha value is -2.75. The summed E-state index contributed by atoms with van der Waals surface area (Å²) < 4.78 is 19.1. The molecule has 1 atom stereocenters. The fourth-order valence-electron chi connectivity index (χ4n) is 4.68. The molecule has 1 saturated carbocycles. The molecule has 0 bridgehead atoms. The average molecular weight is 459 g/mol. The number of methoxy groups -OCH3 is 1. The van der Waals surface area contributed by atoms with E-state index in [0.717, 1.165) is 32.5 Å². The number of pyridine rings is 1. The van der Waals surface area contributed by atoms with Crippen LogP contribution in [0.2, 0.25) is 0 Å². The first-order valence-corrected chi connectivity index (χ1v) is 12.1. The fourth-order valence-corrected chi connectivity index (χ4v) is 4.68. The number of nitrogens with zero attached hydrogens (tertiary/aromatic N) is 5. The Morgan fingerprint density at radius 2 is 1.79 bits per heavy atom. The van der Waals surface area contributed by atoms with Crippen LogP contribution in [0.5, 0.6) is 5.75 Å². The first-order chi connectivity index (χ1) is 16.1. The number of anilines is 4. The van der Waals surface area contributed by atoms with Gasteiger partial charge in [0.05, 0.1) is 13.3 Å². The molecular formula is C23H35FN8O. The Morgan fingerprint density at radius 3 is 2.52 bits per heavy atom. The Labute approximate surface area is 195 Å². The van der Waals surface area contributed by atoms with Crippen molar-refractivity contribution < 1.29 is 9.13 Å². The number of halogens is 1. The van der Waals surface area contributed by atoms with Crippen LogP contribution < -0.4 is 20.7 Å². The molecule has 10 heteroatoms. The number of ether oxygens (including phenoxy) is 1. The van der Waals surface area contributed by atoms with Gasteiger partial charge in [0.1, 0.15) is 5.82 Å². The van der Waals surface area contributed by atoms with Crippen molar-refractivity contribution in [2.24, 2.45) is 0 Å². The summed E-state index contributed by atoms with van der Waals surface area (Å²) in [7, 11) is 1.41. The molecule has 9 nitrogen and oxygen atoms in total. The zero-order valence-corrected chi connectivity index (χ0v) is 19.6. The SMILES string of the molecule is CCN1CCCC1CNc1nc(Nc2cc(F)c(OC)cn2)nc(NC2CCCCCC2)n1. The van der Waals surface area contributed by atoms with E-state index in [1.807, 2.05) is 0 Å². The van der Waals surface area contributed by atoms with Crippen LogP contribution in [0.4, 0.5) is 28.1 Å². The van der Waals surface area contributed by atoms with Crippen LogP contribution in [0.1, 0.15) is 58.3 Å². The van der Waals surface area contributed by atoms with E-state index in [9.17, 15) is 4.39 Å². The van der Waals surface area contributed by atoms with Gasteiger partial charge in [-0.15, -0.1) is 0 Å². The summed E-state index contributed by atoms with van der Waals surface area (Å²) in [6, 6.07) is 2.09. The predicted molar refractivity (Wildman–Crippen MR) is 128 cm³/mol. The second kappa shape index (κ2) is 11.4. The predicted octanol–water partition coefficient (Wildman–Crippen LogP) is 4.19. The topological polar surface area (TPSA) is 100 Å². The molecule has 0 spiro atoms. The second-order valence-corrected chi connectivity index (χ2v) is 8.77. The molecule has 1 aliphatic heterocycles. The summed E-state index contributed by atoms with van der Waals surface area (Å²) >= 11 is 0. The van der Waals surface area contributed by atoms with Crippen molar-refractivity contribution in [1.29, 1.82) is 0 Å².